The molecule has 0 spiro atoms. The van der Waals surface area contributed by atoms with Gasteiger partial charge in [0.1, 0.15) is 0 Å². The number of thiophene rings is 1. The Morgan fingerprint density at radius 1 is 1.03 bits per heavy atom. The van der Waals surface area contributed by atoms with E-state index in [1.165, 1.54) is 11.3 Å². The topological polar surface area (TPSA) is 66.9 Å². The molecule has 0 N–H and O–H groups in total. The summed E-state index contributed by atoms with van der Waals surface area (Å²) in [6.07, 6.45) is 1.75. The molecule has 0 saturated carbocycles. The highest BCUT2D eigenvalue weighted by molar-refractivity contribution is 7.12. The Labute approximate surface area is 210 Å². The van der Waals surface area contributed by atoms with Crippen LogP contribution in [0.15, 0.2) is 72.1 Å². The summed E-state index contributed by atoms with van der Waals surface area (Å²) >= 11 is 1.41. The summed E-state index contributed by atoms with van der Waals surface area (Å²) < 4.78 is 5.16. The standard InChI is InChI=1S/C28H30N2O4S/c1-2-34-28(33)23-12-7-15-29(20-23)26(31)18-22-11-6-13-24(17-22)30(19-21-9-4-3-5-10-21)27(32)25-14-8-16-35-25/h3-6,8-11,13-14,16-17,23H,2,7,12,15,18-20H2,1H3/t23-/m0/s1. The monoisotopic (exact) mass is 490 g/mol. The van der Waals surface area contributed by atoms with Gasteiger partial charge in [-0.3, -0.25) is 14.4 Å². The number of carbonyl (C=O) groups excluding carboxylic acids is 3. The fraction of sp³-hybridized carbons (Fsp3) is 0.321. The lowest BCUT2D eigenvalue weighted by Crippen LogP contribution is -2.43. The molecule has 6 nitrogen and oxygen atoms in total. The molecule has 0 radical (unpaired) electrons. The third-order valence-corrected chi connectivity index (χ3v) is 6.99. The van der Waals surface area contributed by atoms with Crippen molar-refractivity contribution in [2.75, 3.05) is 24.6 Å². The molecule has 1 aliphatic rings. The Hall–Kier alpha value is -3.45. The predicted molar refractivity (Wildman–Crippen MR) is 137 cm³/mol. The van der Waals surface area contributed by atoms with Crippen molar-refractivity contribution in [1.82, 2.24) is 4.90 Å². The van der Waals surface area contributed by atoms with Gasteiger partial charge in [0.15, 0.2) is 0 Å². The number of benzene rings is 2. The minimum atomic E-state index is -0.260. The van der Waals surface area contributed by atoms with Gasteiger partial charge in [-0.15, -0.1) is 11.3 Å². The number of piperidine rings is 1. The first kappa shape index (κ1) is 24.7. The zero-order chi connectivity index (χ0) is 24.6. The molecule has 0 aliphatic carbocycles. The number of nitrogens with zero attached hydrogens (tertiary/aromatic N) is 2. The smallest absolute Gasteiger partial charge is 0.310 e. The molecule has 2 amide bonds. The Kier molecular flexibility index (Phi) is 8.32. The van der Waals surface area contributed by atoms with Crippen molar-refractivity contribution in [3.63, 3.8) is 0 Å². The molecule has 7 heteroatoms. The number of esters is 1. The number of hydrogen-bond donors (Lipinski definition) is 0. The maximum atomic E-state index is 13.4. The molecule has 1 fully saturated rings. The molecular formula is C28H30N2O4S. The SMILES string of the molecule is CCOC(=O)[C@H]1CCCN(C(=O)Cc2cccc(N(Cc3ccccc3)C(=O)c3cccs3)c2)C1. The van der Waals surface area contributed by atoms with Crippen molar-refractivity contribution in [2.24, 2.45) is 5.92 Å². The van der Waals surface area contributed by atoms with Crippen LogP contribution in [0.1, 0.15) is 40.6 Å². The van der Waals surface area contributed by atoms with E-state index in [9.17, 15) is 14.4 Å². The minimum Gasteiger partial charge on any atom is -0.466 e. The molecule has 1 atom stereocenters. The summed E-state index contributed by atoms with van der Waals surface area (Å²) in [6.45, 7) is 3.61. The van der Waals surface area contributed by atoms with Gasteiger partial charge in [0, 0.05) is 18.8 Å². The average Bonchev–Trinajstić information content (AvgIpc) is 3.43. The summed E-state index contributed by atoms with van der Waals surface area (Å²) in [5.41, 5.74) is 2.61. The highest BCUT2D eigenvalue weighted by atomic mass is 32.1. The summed E-state index contributed by atoms with van der Waals surface area (Å²) in [7, 11) is 0. The first-order chi connectivity index (χ1) is 17.0. The van der Waals surface area contributed by atoms with Crippen LogP contribution in [-0.2, 0) is 27.3 Å². The van der Waals surface area contributed by atoms with Crippen LogP contribution in [-0.4, -0.2) is 42.4 Å². The van der Waals surface area contributed by atoms with Gasteiger partial charge in [-0.05, 0) is 54.5 Å². The normalized spacial score (nSPS) is 15.5. The molecule has 182 valence electrons. The van der Waals surface area contributed by atoms with Gasteiger partial charge in [-0.25, -0.2) is 0 Å². The largest absolute Gasteiger partial charge is 0.466 e. The Bertz CT molecular complexity index is 1150. The van der Waals surface area contributed by atoms with E-state index < -0.39 is 0 Å². The summed E-state index contributed by atoms with van der Waals surface area (Å²) in [4.78, 5) is 42.8. The fourth-order valence-corrected chi connectivity index (χ4v) is 5.03. The number of ether oxygens (including phenoxy) is 1. The number of hydrogen-bond acceptors (Lipinski definition) is 5. The number of anilines is 1. The van der Waals surface area contributed by atoms with Gasteiger partial charge in [0.05, 0.1) is 30.4 Å². The van der Waals surface area contributed by atoms with Gasteiger partial charge >= 0.3 is 5.97 Å². The van der Waals surface area contributed by atoms with Crippen LogP contribution >= 0.6 is 11.3 Å². The maximum absolute atomic E-state index is 13.4. The lowest BCUT2D eigenvalue weighted by molar-refractivity contribution is -0.151. The first-order valence-corrected chi connectivity index (χ1v) is 12.9. The predicted octanol–water partition coefficient (Wildman–Crippen LogP) is 4.94. The molecule has 0 bridgehead atoms. The number of amides is 2. The molecule has 1 saturated heterocycles. The average molecular weight is 491 g/mol. The number of carbonyl (C=O) groups is 3. The lowest BCUT2D eigenvalue weighted by Gasteiger charge is -2.31. The third kappa shape index (κ3) is 6.36. The van der Waals surface area contributed by atoms with Crippen LogP contribution in [0.25, 0.3) is 0 Å². The Morgan fingerprint density at radius 2 is 1.83 bits per heavy atom. The summed E-state index contributed by atoms with van der Waals surface area (Å²) in [6, 6.07) is 21.2. The van der Waals surface area contributed by atoms with Crippen molar-refractivity contribution in [3.05, 3.63) is 88.1 Å². The minimum absolute atomic E-state index is 0.0182. The van der Waals surface area contributed by atoms with E-state index >= 15 is 0 Å². The molecule has 1 aliphatic heterocycles. The molecule has 0 unspecified atom stereocenters. The van der Waals surface area contributed by atoms with E-state index in [-0.39, 0.29) is 30.1 Å². The maximum Gasteiger partial charge on any atom is 0.310 e. The fourth-order valence-electron chi connectivity index (χ4n) is 4.36. The molecule has 3 aromatic rings. The van der Waals surface area contributed by atoms with E-state index in [1.54, 1.807) is 16.7 Å². The van der Waals surface area contributed by atoms with Gasteiger partial charge in [0.25, 0.3) is 5.91 Å². The van der Waals surface area contributed by atoms with E-state index in [2.05, 4.69) is 0 Å². The van der Waals surface area contributed by atoms with Gasteiger partial charge in [0.2, 0.25) is 5.91 Å². The zero-order valence-electron chi connectivity index (χ0n) is 19.9. The van der Waals surface area contributed by atoms with E-state index in [0.717, 1.165) is 29.7 Å². The number of likely N-dealkylation sites (tertiary alicyclic amines) is 1. The van der Waals surface area contributed by atoms with Crippen molar-refractivity contribution in [1.29, 1.82) is 0 Å². The molecule has 35 heavy (non-hydrogen) atoms. The second-order valence-corrected chi connectivity index (χ2v) is 9.58. The third-order valence-electron chi connectivity index (χ3n) is 6.13. The van der Waals surface area contributed by atoms with Crippen molar-refractivity contribution < 1.29 is 19.1 Å². The summed E-state index contributed by atoms with van der Waals surface area (Å²) in [5.74, 6) is -0.574. The highest BCUT2D eigenvalue weighted by Gasteiger charge is 2.29. The van der Waals surface area contributed by atoms with Crippen LogP contribution in [0.3, 0.4) is 0 Å². The van der Waals surface area contributed by atoms with E-state index in [1.807, 2.05) is 72.1 Å². The number of rotatable bonds is 8. The van der Waals surface area contributed by atoms with Crippen LogP contribution in [0.5, 0.6) is 0 Å². The van der Waals surface area contributed by atoms with Crippen molar-refractivity contribution >= 4 is 34.8 Å². The molecule has 1 aromatic heterocycles. The van der Waals surface area contributed by atoms with Crippen molar-refractivity contribution in [3.8, 4) is 0 Å². The Balaban J connectivity index is 1.51. The van der Waals surface area contributed by atoms with Crippen LogP contribution < -0.4 is 4.90 Å². The van der Waals surface area contributed by atoms with Crippen LogP contribution in [0, 0.1) is 5.92 Å². The zero-order valence-corrected chi connectivity index (χ0v) is 20.7. The van der Waals surface area contributed by atoms with E-state index in [0.29, 0.717) is 31.1 Å². The second kappa shape index (κ2) is 11.8. The molecule has 2 aromatic carbocycles. The molecular weight excluding hydrogens is 460 g/mol. The van der Waals surface area contributed by atoms with Gasteiger partial charge in [-0.2, -0.15) is 0 Å². The first-order valence-electron chi connectivity index (χ1n) is 12.0. The Morgan fingerprint density at radius 3 is 2.57 bits per heavy atom. The second-order valence-electron chi connectivity index (χ2n) is 8.63. The van der Waals surface area contributed by atoms with Crippen LogP contribution in [0.4, 0.5) is 5.69 Å². The van der Waals surface area contributed by atoms with Gasteiger partial charge < -0.3 is 14.5 Å². The van der Waals surface area contributed by atoms with Crippen LogP contribution in [0.2, 0.25) is 0 Å². The van der Waals surface area contributed by atoms with E-state index in [4.69, 9.17) is 4.74 Å². The quantitative estimate of drug-likeness (QED) is 0.420. The van der Waals surface area contributed by atoms with Crippen molar-refractivity contribution in [2.45, 2.75) is 32.7 Å². The highest BCUT2D eigenvalue weighted by Crippen LogP contribution is 2.25. The molecule has 2 heterocycles. The summed E-state index contributed by atoms with van der Waals surface area (Å²) in [5, 5.41) is 1.89. The molecule has 4 rings (SSSR count). The lowest BCUT2D eigenvalue weighted by atomic mass is 9.97. The van der Waals surface area contributed by atoms with Gasteiger partial charge in [-0.1, -0.05) is 48.5 Å².